The summed E-state index contributed by atoms with van der Waals surface area (Å²) in [5, 5.41) is 12.9. The fourth-order valence-corrected chi connectivity index (χ4v) is 2.22. The molecular formula is C17H22IN3O2. The van der Waals surface area contributed by atoms with Crippen LogP contribution in [-0.4, -0.2) is 18.2 Å². The van der Waals surface area contributed by atoms with Gasteiger partial charge < -0.3 is 20.9 Å². The number of phenols is 1. The Morgan fingerprint density at radius 2 is 1.83 bits per heavy atom. The van der Waals surface area contributed by atoms with Crippen molar-refractivity contribution in [1.82, 2.24) is 0 Å². The van der Waals surface area contributed by atoms with Crippen LogP contribution in [0.4, 0.5) is 5.69 Å². The second kappa shape index (κ2) is 8.61. The van der Waals surface area contributed by atoms with Crippen LogP contribution in [0.25, 0.3) is 0 Å². The molecule has 2 rings (SSSR count). The smallest absolute Gasteiger partial charge is 0.193 e. The standard InChI is InChI=1S/C17H21N3O2.HI/c1-11-6-12(2)8-14(7-11)20-17(18)19-10-13-9-15(22-3)4-5-16(13)21;/h4-9,21H,10H2,1-3H3,(H3,18,19,20);1H. The first-order chi connectivity index (χ1) is 10.5. The maximum atomic E-state index is 9.82. The summed E-state index contributed by atoms with van der Waals surface area (Å²) < 4.78 is 5.13. The van der Waals surface area contributed by atoms with E-state index in [1.54, 1.807) is 25.3 Å². The Labute approximate surface area is 153 Å². The molecule has 0 aliphatic heterocycles. The van der Waals surface area contributed by atoms with E-state index in [0.717, 1.165) is 16.8 Å². The number of guanidine groups is 1. The number of methoxy groups -OCH3 is 1. The van der Waals surface area contributed by atoms with Gasteiger partial charge in [0.15, 0.2) is 5.96 Å². The average Bonchev–Trinajstić information content (AvgIpc) is 2.45. The summed E-state index contributed by atoms with van der Waals surface area (Å²) in [6, 6.07) is 11.1. The summed E-state index contributed by atoms with van der Waals surface area (Å²) in [4.78, 5) is 4.25. The van der Waals surface area contributed by atoms with Crippen molar-refractivity contribution in [2.45, 2.75) is 20.4 Å². The molecule has 0 amide bonds. The molecule has 0 saturated carbocycles. The van der Waals surface area contributed by atoms with Crippen LogP contribution >= 0.6 is 24.0 Å². The molecular weight excluding hydrogens is 405 g/mol. The lowest BCUT2D eigenvalue weighted by Crippen LogP contribution is -2.22. The fraction of sp³-hybridized carbons (Fsp3) is 0.235. The Morgan fingerprint density at radius 3 is 2.43 bits per heavy atom. The maximum Gasteiger partial charge on any atom is 0.193 e. The van der Waals surface area contributed by atoms with Crippen LogP contribution < -0.4 is 15.8 Å². The van der Waals surface area contributed by atoms with Crippen LogP contribution in [0.3, 0.4) is 0 Å². The monoisotopic (exact) mass is 427 g/mol. The van der Waals surface area contributed by atoms with Crippen molar-refractivity contribution in [1.29, 1.82) is 0 Å². The first kappa shape index (κ1) is 19.1. The molecule has 4 N–H and O–H groups in total. The van der Waals surface area contributed by atoms with E-state index in [1.165, 1.54) is 0 Å². The summed E-state index contributed by atoms with van der Waals surface area (Å²) in [6.07, 6.45) is 0. The predicted molar refractivity (Wildman–Crippen MR) is 105 cm³/mol. The van der Waals surface area contributed by atoms with E-state index in [0.29, 0.717) is 17.3 Å². The minimum absolute atomic E-state index is 0. The van der Waals surface area contributed by atoms with Gasteiger partial charge in [0, 0.05) is 11.3 Å². The van der Waals surface area contributed by atoms with Crippen molar-refractivity contribution < 1.29 is 9.84 Å². The molecule has 0 aliphatic carbocycles. The Bertz CT molecular complexity index is 682. The summed E-state index contributed by atoms with van der Waals surface area (Å²) in [5.74, 6) is 1.14. The van der Waals surface area contributed by atoms with Gasteiger partial charge in [0.25, 0.3) is 0 Å². The molecule has 0 atom stereocenters. The highest BCUT2D eigenvalue weighted by Gasteiger charge is 2.03. The summed E-state index contributed by atoms with van der Waals surface area (Å²) in [5.41, 5.74) is 9.76. The molecule has 0 aromatic heterocycles. The molecule has 23 heavy (non-hydrogen) atoms. The third-order valence-corrected chi connectivity index (χ3v) is 3.20. The molecule has 124 valence electrons. The Hall–Kier alpha value is -1.96. The van der Waals surface area contributed by atoms with Gasteiger partial charge in [0.05, 0.1) is 13.7 Å². The second-order valence-electron chi connectivity index (χ2n) is 5.20. The lowest BCUT2D eigenvalue weighted by Gasteiger charge is -2.09. The van der Waals surface area contributed by atoms with E-state index in [9.17, 15) is 5.11 Å². The Kier molecular flexibility index (Phi) is 7.15. The molecule has 0 fully saturated rings. The lowest BCUT2D eigenvalue weighted by atomic mass is 10.1. The number of benzene rings is 2. The van der Waals surface area contributed by atoms with Crippen molar-refractivity contribution >= 4 is 35.6 Å². The first-order valence-electron chi connectivity index (χ1n) is 6.99. The molecule has 0 bridgehead atoms. The van der Waals surface area contributed by atoms with Crippen LogP contribution in [0, 0.1) is 13.8 Å². The van der Waals surface area contributed by atoms with E-state index in [2.05, 4.69) is 16.4 Å². The normalized spacial score (nSPS) is 10.8. The van der Waals surface area contributed by atoms with Gasteiger partial charge in [0.1, 0.15) is 11.5 Å². The molecule has 0 heterocycles. The SMILES string of the molecule is COc1ccc(O)c(CN=C(N)Nc2cc(C)cc(C)c2)c1.I. The van der Waals surface area contributed by atoms with Gasteiger partial charge in [-0.1, -0.05) is 6.07 Å². The number of ether oxygens (including phenoxy) is 1. The number of nitrogens with two attached hydrogens (primary N) is 1. The number of nitrogens with one attached hydrogen (secondary N) is 1. The number of phenolic OH excluding ortho intramolecular Hbond substituents is 1. The molecule has 0 spiro atoms. The number of halogens is 1. The van der Waals surface area contributed by atoms with Crippen molar-refractivity contribution in [3.8, 4) is 11.5 Å². The Balaban J connectivity index is 0.00000264. The first-order valence-corrected chi connectivity index (χ1v) is 6.99. The molecule has 5 nitrogen and oxygen atoms in total. The largest absolute Gasteiger partial charge is 0.508 e. The zero-order valence-corrected chi connectivity index (χ0v) is 15.8. The third kappa shape index (κ3) is 5.63. The number of rotatable bonds is 4. The highest BCUT2D eigenvalue weighted by atomic mass is 127. The number of aromatic hydroxyl groups is 1. The minimum Gasteiger partial charge on any atom is -0.508 e. The number of aliphatic imine (C=N–C) groups is 1. The molecule has 6 heteroatoms. The maximum absolute atomic E-state index is 9.82. The van der Waals surface area contributed by atoms with Gasteiger partial charge in [-0.2, -0.15) is 0 Å². The molecule has 2 aromatic rings. The quantitative estimate of drug-likeness (QED) is 0.396. The van der Waals surface area contributed by atoms with Crippen LogP contribution in [-0.2, 0) is 6.54 Å². The molecule has 0 unspecified atom stereocenters. The predicted octanol–water partition coefficient (Wildman–Crippen LogP) is 3.56. The average molecular weight is 427 g/mol. The minimum atomic E-state index is 0. The lowest BCUT2D eigenvalue weighted by molar-refractivity contribution is 0.411. The molecule has 0 saturated heterocycles. The van der Waals surface area contributed by atoms with Crippen LogP contribution in [0.1, 0.15) is 16.7 Å². The van der Waals surface area contributed by atoms with E-state index in [-0.39, 0.29) is 36.3 Å². The third-order valence-electron chi connectivity index (χ3n) is 3.20. The van der Waals surface area contributed by atoms with Gasteiger partial charge >= 0.3 is 0 Å². The van der Waals surface area contributed by atoms with E-state index in [1.807, 2.05) is 26.0 Å². The van der Waals surface area contributed by atoms with E-state index < -0.39 is 0 Å². The highest BCUT2D eigenvalue weighted by Crippen LogP contribution is 2.23. The molecule has 0 radical (unpaired) electrons. The van der Waals surface area contributed by atoms with Crippen LogP contribution in [0.15, 0.2) is 41.4 Å². The number of nitrogens with zero attached hydrogens (tertiary/aromatic N) is 1. The molecule has 0 aliphatic rings. The van der Waals surface area contributed by atoms with Crippen molar-refractivity contribution in [2.24, 2.45) is 10.7 Å². The highest BCUT2D eigenvalue weighted by molar-refractivity contribution is 14.0. The number of hydrogen-bond acceptors (Lipinski definition) is 3. The van der Waals surface area contributed by atoms with E-state index in [4.69, 9.17) is 10.5 Å². The Morgan fingerprint density at radius 1 is 1.17 bits per heavy atom. The van der Waals surface area contributed by atoms with Gasteiger partial charge in [-0.25, -0.2) is 4.99 Å². The zero-order chi connectivity index (χ0) is 16.1. The van der Waals surface area contributed by atoms with Gasteiger partial charge in [-0.05, 0) is 55.3 Å². The van der Waals surface area contributed by atoms with Crippen molar-refractivity contribution in [3.63, 3.8) is 0 Å². The summed E-state index contributed by atoms with van der Waals surface area (Å²) in [7, 11) is 1.58. The van der Waals surface area contributed by atoms with Crippen LogP contribution in [0.5, 0.6) is 11.5 Å². The summed E-state index contributed by atoms with van der Waals surface area (Å²) in [6.45, 7) is 4.33. The van der Waals surface area contributed by atoms with Crippen molar-refractivity contribution in [2.75, 3.05) is 12.4 Å². The number of anilines is 1. The van der Waals surface area contributed by atoms with Crippen molar-refractivity contribution in [3.05, 3.63) is 53.1 Å². The number of aryl methyl sites for hydroxylation is 2. The zero-order valence-electron chi connectivity index (χ0n) is 13.5. The van der Waals surface area contributed by atoms with Gasteiger partial charge in [0.2, 0.25) is 0 Å². The topological polar surface area (TPSA) is 79.9 Å². The molecule has 2 aromatic carbocycles. The van der Waals surface area contributed by atoms with Gasteiger partial charge in [-0.15, -0.1) is 24.0 Å². The fourth-order valence-electron chi connectivity index (χ4n) is 2.22. The van der Waals surface area contributed by atoms with E-state index >= 15 is 0 Å². The second-order valence-corrected chi connectivity index (χ2v) is 5.20. The van der Waals surface area contributed by atoms with Crippen LogP contribution in [0.2, 0.25) is 0 Å². The summed E-state index contributed by atoms with van der Waals surface area (Å²) >= 11 is 0. The number of hydrogen-bond donors (Lipinski definition) is 3. The van der Waals surface area contributed by atoms with Gasteiger partial charge in [-0.3, -0.25) is 0 Å².